The van der Waals surface area contributed by atoms with E-state index in [1.165, 1.54) is 20.5 Å². The molecule has 170 valence electrons. The van der Waals surface area contributed by atoms with Gasteiger partial charge < -0.3 is 29.2 Å². The van der Waals surface area contributed by atoms with Crippen molar-refractivity contribution in [1.29, 1.82) is 0 Å². The lowest BCUT2D eigenvalue weighted by Crippen LogP contribution is -2.43. The van der Waals surface area contributed by atoms with Gasteiger partial charge in [0, 0.05) is 18.8 Å². The second kappa shape index (κ2) is 9.27. The van der Waals surface area contributed by atoms with Gasteiger partial charge in [-0.25, -0.2) is 9.48 Å². The maximum absolute atomic E-state index is 12.6. The number of ether oxygens (including phenoxy) is 4. The smallest absolute Gasteiger partial charge is 0.338 e. The molecule has 0 spiro atoms. The van der Waals surface area contributed by atoms with Crippen molar-refractivity contribution in [1.82, 2.24) is 19.7 Å². The van der Waals surface area contributed by atoms with Crippen molar-refractivity contribution in [2.45, 2.75) is 13.0 Å². The molecule has 0 bridgehead atoms. The van der Waals surface area contributed by atoms with Crippen LogP contribution in [0.4, 0.5) is 5.95 Å². The highest BCUT2D eigenvalue weighted by molar-refractivity contribution is 5.92. The molecule has 1 N–H and O–H groups in total. The van der Waals surface area contributed by atoms with Gasteiger partial charge in [-0.15, -0.1) is 0 Å². The standard InChI is InChI=1S/C21H25N5O6/c1-13-18(20(28)30-3)19(26-21(24-13)22-12-23-26)14-4-5-15(16(10-14)29-2)32-11-17(27)25-6-8-31-9-7-25/h4-5,10,12,19H,6-9,11H2,1-3H3,(H,22,23,24)/t19-/m1/s1. The van der Waals surface area contributed by atoms with Crippen LogP contribution < -0.4 is 14.8 Å². The summed E-state index contributed by atoms with van der Waals surface area (Å²) in [4.78, 5) is 30.9. The van der Waals surface area contributed by atoms with Crippen LogP contribution in [0.15, 0.2) is 35.8 Å². The molecule has 1 fully saturated rings. The summed E-state index contributed by atoms with van der Waals surface area (Å²) in [5, 5.41) is 7.34. The first-order valence-corrected chi connectivity index (χ1v) is 10.1. The van der Waals surface area contributed by atoms with Crippen molar-refractivity contribution < 1.29 is 28.5 Å². The van der Waals surface area contributed by atoms with Gasteiger partial charge in [-0.2, -0.15) is 10.1 Å². The number of esters is 1. The number of aromatic nitrogens is 3. The zero-order valence-corrected chi connectivity index (χ0v) is 18.2. The number of methoxy groups -OCH3 is 2. The van der Waals surface area contributed by atoms with E-state index in [-0.39, 0.29) is 12.5 Å². The fourth-order valence-electron chi connectivity index (χ4n) is 3.79. The topological polar surface area (TPSA) is 117 Å². The summed E-state index contributed by atoms with van der Waals surface area (Å²) in [6.45, 7) is 3.83. The lowest BCUT2D eigenvalue weighted by atomic mass is 9.95. The van der Waals surface area contributed by atoms with Crippen LogP contribution in [0.25, 0.3) is 0 Å². The summed E-state index contributed by atoms with van der Waals surface area (Å²) >= 11 is 0. The van der Waals surface area contributed by atoms with Gasteiger partial charge in [-0.05, 0) is 24.6 Å². The molecule has 1 atom stereocenters. The number of hydrogen-bond donors (Lipinski definition) is 1. The predicted molar refractivity (Wildman–Crippen MR) is 112 cm³/mol. The third-order valence-corrected chi connectivity index (χ3v) is 5.42. The molecular formula is C21H25N5O6. The zero-order valence-electron chi connectivity index (χ0n) is 18.2. The molecule has 1 amide bonds. The number of allylic oxidation sites excluding steroid dienone is 1. The number of hydrogen-bond acceptors (Lipinski definition) is 9. The molecule has 0 radical (unpaired) electrons. The molecule has 4 rings (SSSR count). The lowest BCUT2D eigenvalue weighted by Gasteiger charge is -2.28. The quantitative estimate of drug-likeness (QED) is 0.652. The maximum Gasteiger partial charge on any atom is 0.338 e. The Morgan fingerprint density at radius 2 is 2.00 bits per heavy atom. The molecule has 1 aromatic heterocycles. The Bertz CT molecular complexity index is 1040. The van der Waals surface area contributed by atoms with Gasteiger partial charge in [0.25, 0.3) is 5.91 Å². The fraction of sp³-hybridized carbons (Fsp3) is 0.429. The maximum atomic E-state index is 12.6. The number of fused-ring (bicyclic) bond motifs is 1. The van der Waals surface area contributed by atoms with Crippen LogP contribution in [0.5, 0.6) is 11.5 Å². The van der Waals surface area contributed by atoms with Gasteiger partial charge >= 0.3 is 5.97 Å². The first-order chi connectivity index (χ1) is 15.5. The Hall–Kier alpha value is -3.60. The molecule has 0 unspecified atom stereocenters. The van der Waals surface area contributed by atoms with Crippen LogP contribution >= 0.6 is 0 Å². The summed E-state index contributed by atoms with van der Waals surface area (Å²) in [5.41, 5.74) is 1.75. The van der Waals surface area contributed by atoms with E-state index in [0.717, 1.165) is 5.56 Å². The number of carbonyl (C=O) groups is 2. The van der Waals surface area contributed by atoms with Crippen molar-refractivity contribution in [3.63, 3.8) is 0 Å². The van der Waals surface area contributed by atoms with Gasteiger partial charge in [-0.3, -0.25) is 4.79 Å². The van der Waals surface area contributed by atoms with Gasteiger partial charge in [0.1, 0.15) is 12.4 Å². The second-order valence-electron chi connectivity index (χ2n) is 7.28. The van der Waals surface area contributed by atoms with Crippen molar-refractivity contribution in [3.05, 3.63) is 41.4 Å². The molecule has 3 heterocycles. The minimum absolute atomic E-state index is 0.108. The van der Waals surface area contributed by atoms with Crippen LogP contribution in [0, 0.1) is 0 Å². The molecule has 2 aliphatic heterocycles. The largest absolute Gasteiger partial charge is 0.493 e. The summed E-state index contributed by atoms with van der Waals surface area (Å²) in [6, 6.07) is 4.70. The first-order valence-electron chi connectivity index (χ1n) is 10.1. The minimum atomic E-state index is -0.570. The highest BCUT2D eigenvalue weighted by Gasteiger charge is 2.34. The third kappa shape index (κ3) is 4.11. The first kappa shape index (κ1) is 21.6. The normalized spacial score (nSPS) is 18.0. The highest BCUT2D eigenvalue weighted by Crippen LogP contribution is 2.38. The Labute approximate surface area is 184 Å². The number of nitrogens with zero attached hydrogens (tertiary/aromatic N) is 4. The van der Waals surface area contributed by atoms with Crippen molar-refractivity contribution in [2.24, 2.45) is 0 Å². The highest BCUT2D eigenvalue weighted by atomic mass is 16.5. The lowest BCUT2D eigenvalue weighted by molar-refractivity contribution is -0.137. The van der Waals surface area contributed by atoms with Crippen molar-refractivity contribution >= 4 is 17.8 Å². The Morgan fingerprint density at radius 1 is 1.22 bits per heavy atom. The van der Waals surface area contributed by atoms with Gasteiger partial charge in [-0.1, -0.05) is 6.07 Å². The predicted octanol–water partition coefficient (Wildman–Crippen LogP) is 0.986. The van der Waals surface area contributed by atoms with E-state index >= 15 is 0 Å². The number of anilines is 1. The van der Waals surface area contributed by atoms with E-state index in [0.29, 0.717) is 55.0 Å². The summed E-state index contributed by atoms with van der Waals surface area (Å²) in [5.74, 6) is 0.772. The molecule has 2 aromatic rings. The molecule has 1 saturated heterocycles. The monoisotopic (exact) mass is 443 g/mol. The number of morpholine rings is 1. The van der Waals surface area contributed by atoms with Gasteiger partial charge in [0.2, 0.25) is 5.95 Å². The Balaban J connectivity index is 1.60. The summed E-state index contributed by atoms with van der Waals surface area (Å²) in [6.07, 6.45) is 1.41. The van der Waals surface area contributed by atoms with E-state index < -0.39 is 12.0 Å². The van der Waals surface area contributed by atoms with Crippen LogP contribution in [-0.4, -0.2) is 78.7 Å². The van der Waals surface area contributed by atoms with Crippen LogP contribution in [-0.2, 0) is 19.1 Å². The number of nitrogens with one attached hydrogen (secondary N) is 1. The summed E-state index contributed by atoms with van der Waals surface area (Å²) < 4.78 is 23.1. The van der Waals surface area contributed by atoms with Crippen LogP contribution in [0.2, 0.25) is 0 Å². The number of carbonyl (C=O) groups excluding carboxylic acids is 2. The van der Waals surface area contributed by atoms with Gasteiger partial charge in [0.05, 0.1) is 33.0 Å². The van der Waals surface area contributed by atoms with Crippen molar-refractivity contribution in [2.75, 3.05) is 52.4 Å². The molecule has 11 nitrogen and oxygen atoms in total. The fourth-order valence-corrected chi connectivity index (χ4v) is 3.79. The summed E-state index contributed by atoms with van der Waals surface area (Å²) in [7, 11) is 2.85. The number of amides is 1. The Morgan fingerprint density at radius 3 is 2.72 bits per heavy atom. The van der Waals surface area contributed by atoms with Crippen LogP contribution in [0.3, 0.4) is 0 Å². The molecule has 0 saturated carbocycles. The third-order valence-electron chi connectivity index (χ3n) is 5.42. The van der Waals surface area contributed by atoms with E-state index in [1.807, 2.05) is 0 Å². The molecule has 32 heavy (non-hydrogen) atoms. The molecule has 1 aromatic carbocycles. The second-order valence-corrected chi connectivity index (χ2v) is 7.28. The van der Waals surface area contributed by atoms with Crippen LogP contribution in [0.1, 0.15) is 18.5 Å². The Kier molecular flexibility index (Phi) is 6.26. The average Bonchev–Trinajstić information content (AvgIpc) is 3.29. The van der Waals surface area contributed by atoms with E-state index in [4.69, 9.17) is 18.9 Å². The SMILES string of the molecule is COC(=O)C1=C(C)Nc2ncnn2[C@@H]1c1ccc(OCC(=O)N2CCOCC2)c(OC)c1. The minimum Gasteiger partial charge on any atom is -0.493 e. The van der Waals surface area contributed by atoms with E-state index in [2.05, 4.69) is 15.4 Å². The molecule has 2 aliphatic rings. The average molecular weight is 443 g/mol. The molecule has 0 aliphatic carbocycles. The number of rotatable bonds is 6. The molecular weight excluding hydrogens is 418 g/mol. The number of benzene rings is 1. The molecule has 11 heteroatoms. The van der Waals surface area contributed by atoms with Gasteiger partial charge in [0.15, 0.2) is 18.1 Å². The van der Waals surface area contributed by atoms with E-state index in [9.17, 15) is 9.59 Å². The zero-order chi connectivity index (χ0) is 22.7. The van der Waals surface area contributed by atoms with E-state index in [1.54, 1.807) is 34.7 Å². The van der Waals surface area contributed by atoms with Crippen molar-refractivity contribution in [3.8, 4) is 11.5 Å².